The van der Waals surface area contributed by atoms with Crippen LogP contribution in [0.1, 0.15) is 41.2 Å². The van der Waals surface area contributed by atoms with Gasteiger partial charge in [0.1, 0.15) is 12.2 Å². The maximum absolute atomic E-state index is 13.2. The minimum Gasteiger partial charge on any atom is -0.398 e. The van der Waals surface area contributed by atoms with Gasteiger partial charge in [0.15, 0.2) is 0 Å². The first-order chi connectivity index (χ1) is 14.4. The Labute approximate surface area is 185 Å². The zero-order chi connectivity index (χ0) is 23.0. The van der Waals surface area contributed by atoms with Crippen molar-refractivity contribution in [2.45, 2.75) is 31.9 Å². The number of benzene rings is 2. The summed E-state index contributed by atoms with van der Waals surface area (Å²) in [4.78, 5) is 12.7. The molecule has 0 aliphatic rings. The quantitative estimate of drug-likeness (QED) is 0.490. The van der Waals surface area contributed by atoms with Crippen molar-refractivity contribution in [3.63, 3.8) is 0 Å². The number of alkyl halides is 3. The molecule has 0 radical (unpaired) electrons. The third kappa shape index (κ3) is 5.07. The van der Waals surface area contributed by atoms with Gasteiger partial charge >= 0.3 is 6.18 Å². The third-order valence-electron chi connectivity index (χ3n) is 5.00. The van der Waals surface area contributed by atoms with Crippen molar-refractivity contribution in [3.8, 4) is 0 Å². The number of nitrogens with two attached hydrogens (primary N) is 1. The van der Waals surface area contributed by atoms with Crippen molar-refractivity contribution in [2.24, 2.45) is 7.05 Å². The van der Waals surface area contributed by atoms with Crippen LogP contribution in [0.15, 0.2) is 47.2 Å². The van der Waals surface area contributed by atoms with Crippen LogP contribution in [-0.2, 0) is 25.1 Å². The number of amides is 1. The van der Waals surface area contributed by atoms with Crippen molar-refractivity contribution in [1.82, 2.24) is 14.8 Å². The number of hydrogen-bond donors (Lipinski definition) is 2. The Bertz CT molecular complexity index is 1120. The lowest BCUT2D eigenvalue weighted by Crippen LogP contribution is -2.23. The van der Waals surface area contributed by atoms with Crippen LogP contribution in [0.25, 0.3) is 0 Å². The molecule has 0 fully saturated rings. The second-order valence-electron chi connectivity index (χ2n) is 7.87. The van der Waals surface area contributed by atoms with Gasteiger partial charge in [-0.2, -0.15) is 13.2 Å². The van der Waals surface area contributed by atoms with Gasteiger partial charge in [0.2, 0.25) is 0 Å². The molecule has 3 aromatic rings. The van der Waals surface area contributed by atoms with E-state index >= 15 is 0 Å². The van der Waals surface area contributed by atoms with Crippen molar-refractivity contribution >= 4 is 33.2 Å². The molecule has 6 nitrogen and oxygen atoms in total. The summed E-state index contributed by atoms with van der Waals surface area (Å²) >= 11 is 3.02. The van der Waals surface area contributed by atoms with Crippen molar-refractivity contribution in [1.29, 1.82) is 0 Å². The molecule has 2 aromatic carbocycles. The molecule has 3 rings (SSSR count). The number of anilines is 2. The average Bonchev–Trinajstić information content (AvgIpc) is 3.06. The number of aromatic nitrogens is 3. The van der Waals surface area contributed by atoms with Crippen LogP contribution >= 0.6 is 15.9 Å². The van der Waals surface area contributed by atoms with Crippen LogP contribution < -0.4 is 11.1 Å². The summed E-state index contributed by atoms with van der Waals surface area (Å²) in [5.41, 5.74) is 4.76. The highest BCUT2D eigenvalue weighted by Gasteiger charge is 2.35. The monoisotopic (exact) mass is 495 g/mol. The molecule has 31 heavy (non-hydrogen) atoms. The first kappa shape index (κ1) is 22.8. The van der Waals surface area contributed by atoms with E-state index in [4.69, 9.17) is 5.73 Å². The lowest BCUT2D eigenvalue weighted by molar-refractivity contribution is -0.136. The summed E-state index contributed by atoms with van der Waals surface area (Å²) in [5, 5.41) is 10.7. The maximum atomic E-state index is 13.2. The van der Waals surface area contributed by atoms with E-state index < -0.39 is 23.3 Å². The Balaban J connectivity index is 1.87. The molecule has 1 amide bonds. The highest BCUT2D eigenvalue weighted by Crippen LogP contribution is 2.37. The van der Waals surface area contributed by atoms with Gasteiger partial charge in [-0.05, 0) is 35.2 Å². The number of rotatable bonds is 5. The molecule has 0 aliphatic carbocycles. The molecule has 0 atom stereocenters. The molecule has 0 spiro atoms. The van der Waals surface area contributed by atoms with E-state index in [1.807, 2.05) is 31.5 Å². The SMILES string of the molecule is Cn1cnnc1CC(C)(C)c1cccc(NC(=O)c2cc(Br)cc(C(F)(F)F)c2N)c1. The predicted octanol–water partition coefficient (Wildman–Crippen LogP) is 4.95. The van der Waals surface area contributed by atoms with Crippen molar-refractivity contribution < 1.29 is 18.0 Å². The summed E-state index contributed by atoms with van der Waals surface area (Å²) < 4.78 is 41.6. The molecular weight excluding hydrogens is 475 g/mol. The van der Waals surface area contributed by atoms with Gasteiger partial charge in [0.25, 0.3) is 5.91 Å². The molecule has 0 saturated carbocycles. The van der Waals surface area contributed by atoms with E-state index in [9.17, 15) is 18.0 Å². The van der Waals surface area contributed by atoms with Gasteiger partial charge in [-0.3, -0.25) is 4.79 Å². The number of halogens is 4. The minimum atomic E-state index is -4.67. The van der Waals surface area contributed by atoms with E-state index in [0.717, 1.165) is 17.5 Å². The zero-order valence-electron chi connectivity index (χ0n) is 17.1. The van der Waals surface area contributed by atoms with E-state index in [1.165, 1.54) is 6.07 Å². The number of hydrogen-bond acceptors (Lipinski definition) is 4. The van der Waals surface area contributed by atoms with Gasteiger partial charge in [0, 0.05) is 23.6 Å². The molecule has 10 heteroatoms. The van der Waals surface area contributed by atoms with Crippen LogP contribution in [0, 0.1) is 0 Å². The molecule has 164 valence electrons. The van der Waals surface area contributed by atoms with Crippen LogP contribution in [0.3, 0.4) is 0 Å². The maximum Gasteiger partial charge on any atom is 0.418 e. The van der Waals surface area contributed by atoms with Gasteiger partial charge in [-0.25, -0.2) is 0 Å². The van der Waals surface area contributed by atoms with Gasteiger partial charge in [-0.1, -0.05) is 41.9 Å². The topological polar surface area (TPSA) is 85.8 Å². The Morgan fingerprint density at radius 2 is 1.94 bits per heavy atom. The number of nitrogens with zero attached hydrogens (tertiary/aromatic N) is 3. The minimum absolute atomic E-state index is 0.109. The fraction of sp³-hybridized carbons (Fsp3) is 0.286. The molecule has 1 heterocycles. The highest BCUT2D eigenvalue weighted by atomic mass is 79.9. The first-order valence-corrected chi connectivity index (χ1v) is 10.1. The van der Waals surface area contributed by atoms with E-state index in [2.05, 4.69) is 31.4 Å². The van der Waals surface area contributed by atoms with E-state index in [1.54, 1.807) is 24.5 Å². The molecule has 0 unspecified atom stereocenters. The standard InChI is InChI=1S/C21H21BrF3N5O/c1-20(2,10-17-29-27-11-30(17)3)12-5-4-6-14(7-12)28-19(31)15-8-13(22)9-16(18(15)26)21(23,24)25/h4-9,11H,10,26H2,1-3H3,(H,28,31). The van der Waals surface area contributed by atoms with Crippen LogP contribution in [0.2, 0.25) is 0 Å². The summed E-state index contributed by atoms with van der Waals surface area (Å²) in [6, 6.07) is 9.26. The Kier molecular flexibility index (Phi) is 6.13. The fourth-order valence-corrected chi connectivity index (χ4v) is 3.68. The predicted molar refractivity (Wildman–Crippen MR) is 116 cm³/mol. The number of carbonyl (C=O) groups is 1. The molecule has 3 N–H and O–H groups in total. The molecular formula is C21H21BrF3N5O. The second-order valence-corrected chi connectivity index (χ2v) is 8.78. The Morgan fingerprint density at radius 3 is 2.55 bits per heavy atom. The van der Waals surface area contributed by atoms with Crippen molar-refractivity contribution in [2.75, 3.05) is 11.1 Å². The summed E-state index contributed by atoms with van der Waals surface area (Å²) in [5.74, 6) is 0.0774. The Hall–Kier alpha value is -2.88. The largest absolute Gasteiger partial charge is 0.418 e. The van der Waals surface area contributed by atoms with E-state index in [-0.39, 0.29) is 15.5 Å². The molecule has 1 aromatic heterocycles. The van der Waals surface area contributed by atoms with E-state index in [0.29, 0.717) is 12.1 Å². The molecule has 0 saturated heterocycles. The molecule has 0 aliphatic heterocycles. The van der Waals surface area contributed by atoms with Crippen LogP contribution in [-0.4, -0.2) is 20.7 Å². The summed E-state index contributed by atoms with van der Waals surface area (Å²) in [7, 11) is 1.86. The van der Waals surface area contributed by atoms with Gasteiger partial charge in [0.05, 0.1) is 16.8 Å². The van der Waals surface area contributed by atoms with Crippen LogP contribution in [0.5, 0.6) is 0 Å². The number of aryl methyl sites for hydroxylation is 1. The molecule has 0 bridgehead atoms. The normalized spacial score (nSPS) is 12.1. The third-order valence-corrected chi connectivity index (χ3v) is 5.46. The van der Waals surface area contributed by atoms with Gasteiger partial charge in [-0.15, -0.1) is 10.2 Å². The lowest BCUT2D eigenvalue weighted by atomic mass is 9.81. The average molecular weight is 496 g/mol. The zero-order valence-corrected chi connectivity index (χ0v) is 18.7. The van der Waals surface area contributed by atoms with Gasteiger partial charge < -0.3 is 15.6 Å². The second kappa shape index (κ2) is 8.33. The first-order valence-electron chi connectivity index (χ1n) is 9.29. The van der Waals surface area contributed by atoms with Crippen LogP contribution in [0.4, 0.5) is 24.5 Å². The number of nitrogen functional groups attached to an aromatic ring is 1. The number of carbonyl (C=O) groups excluding carboxylic acids is 1. The summed E-state index contributed by atoms with van der Waals surface area (Å²) in [6.45, 7) is 4.06. The number of nitrogens with one attached hydrogen (secondary N) is 1. The fourth-order valence-electron chi connectivity index (χ4n) is 3.22. The smallest absolute Gasteiger partial charge is 0.398 e. The Morgan fingerprint density at radius 1 is 1.23 bits per heavy atom. The highest BCUT2D eigenvalue weighted by molar-refractivity contribution is 9.10. The van der Waals surface area contributed by atoms with Crippen molar-refractivity contribution in [3.05, 3.63) is 69.7 Å². The summed E-state index contributed by atoms with van der Waals surface area (Å²) in [6.07, 6.45) is -2.44. The lowest BCUT2D eigenvalue weighted by Gasteiger charge is -2.25.